The highest BCUT2D eigenvalue weighted by atomic mass is 31.2. The first-order chi connectivity index (χ1) is 8.46. The van der Waals surface area contributed by atoms with E-state index in [1.165, 1.54) is 12.8 Å². The van der Waals surface area contributed by atoms with Gasteiger partial charge in [-0.2, -0.15) is 0 Å². The first-order valence-corrected chi connectivity index (χ1v) is 9.13. The number of hydrogen-bond donors (Lipinski definition) is 2. The molecule has 4 heteroatoms. The second kappa shape index (κ2) is 5.64. The smallest absolute Gasteiger partial charge is 0.324 e. The van der Waals surface area contributed by atoms with Crippen LogP contribution in [0.5, 0.6) is 0 Å². The molecule has 0 atom stereocenters. The van der Waals surface area contributed by atoms with Crippen molar-refractivity contribution >= 4 is 7.60 Å². The van der Waals surface area contributed by atoms with Crippen LogP contribution in [0.25, 0.3) is 0 Å². The number of hydrogen-bond acceptors (Lipinski definition) is 1. The maximum absolute atomic E-state index is 12.1. The van der Waals surface area contributed by atoms with Crippen LogP contribution in [0.4, 0.5) is 0 Å². The highest BCUT2D eigenvalue weighted by Gasteiger charge is 2.53. The lowest BCUT2D eigenvalue weighted by molar-refractivity contribution is 0.149. The maximum atomic E-state index is 12.1. The van der Waals surface area contributed by atoms with Gasteiger partial charge in [0, 0.05) is 0 Å². The van der Waals surface area contributed by atoms with Gasteiger partial charge in [0.05, 0.1) is 5.16 Å². The minimum absolute atomic E-state index is 0.232. The van der Waals surface area contributed by atoms with E-state index in [4.69, 9.17) is 0 Å². The van der Waals surface area contributed by atoms with E-state index < -0.39 is 12.8 Å². The van der Waals surface area contributed by atoms with E-state index in [0.717, 1.165) is 51.4 Å². The van der Waals surface area contributed by atoms with E-state index in [1.807, 2.05) is 6.92 Å². The zero-order valence-corrected chi connectivity index (χ0v) is 12.4. The van der Waals surface area contributed by atoms with Gasteiger partial charge < -0.3 is 9.79 Å². The summed E-state index contributed by atoms with van der Waals surface area (Å²) in [6.07, 6.45) is 11.1. The Morgan fingerprint density at radius 2 is 1.17 bits per heavy atom. The van der Waals surface area contributed by atoms with Gasteiger partial charge in [-0.3, -0.25) is 4.57 Å². The molecule has 2 saturated carbocycles. The lowest BCUT2D eigenvalue weighted by Gasteiger charge is -2.46. The molecule has 0 bridgehead atoms. The second-order valence-electron chi connectivity index (χ2n) is 6.44. The molecule has 106 valence electrons. The predicted molar refractivity (Wildman–Crippen MR) is 73.6 cm³/mol. The van der Waals surface area contributed by atoms with Crippen molar-refractivity contribution in [3.63, 3.8) is 0 Å². The van der Waals surface area contributed by atoms with Gasteiger partial charge in [-0.05, 0) is 44.4 Å². The third-order valence-corrected chi connectivity index (χ3v) is 7.48. The van der Waals surface area contributed by atoms with Gasteiger partial charge in [0.2, 0.25) is 0 Å². The Labute approximate surface area is 111 Å². The van der Waals surface area contributed by atoms with Gasteiger partial charge in [-0.1, -0.05) is 38.5 Å². The van der Waals surface area contributed by atoms with Crippen LogP contribution in [-0.4, -0.2) is 14.9 Å². The molecule has 0 spiro atoms. The van der Waals surface area contributed by atoms with E-state index >= 15 is 0 Å². The molecule has 0 aliphatic heterocycles. The lowest BCUT2D eigenvalue weighted by Crippen LogP contribution is -2.44. The molecule has 2 aliphatic carbocycles. The quantitative estimate of drug-likeness (QED) is 0.762. The normalized spacial score (nSPS) is 25.3. The van der Waals surface area contributed by atoms with Crippen LogP contribution >= 0.6 is 7.60 Å². The molecule has 18 heavy (non-hydrogen) atoms. The summed E-state index contributed by atoms with van der Waals surface area (Å²) in [5.41, 5.74) is 0. The summed E-state index contributed by atoms with van der Waals surface area (Å²) < 4.78 is 12.1. The summed E-state index contributed by atoms with van der Waals surface area (Å²) >= 11 is 0. The highest BCUT2D eigenvalue weighted by molar-refractivity contribution is 7.53. The fourth-order valence-electron chi connectivity index (χ4n) is 4.18. The Kier molecular flexibility index (Phi) is 4.57. The topological polar surface area (TPSA) is 57.5 Å². The van der Waals surface area contributed by atoms with E-state index in [9.17, 15) is 14.4 Å². The molecular weight excluding hydrogens is 247 g/mol. The Morgan fingerprint density at radius 1 is 0.833 bits per heavy atom. The third-order valence-electron chi connectivity index (χ3n) is 5.49. The van der Waals surface area contributed by atoms with Gasteiger partial charge in [0.25, 0.3) is 0 Å². The van der Waals surface area contributed by atoms with Crippen LogP contribution in [-0.2, 0) is 4.57 Å². The highest BCUT2D eigenvalue weighted by Crippen LogP contribution is 2.63. The molecule has 2 aliphatic rings. The molecule has 0 aromatic carbocycles. The zero-order valence-electron chi connectivity index (χ0n) is 11.5. The first kappa shape index (κ1) is 14.6. The summed E-state index contributed by atoms with van der Waals surface area (Å²) in [4.78, 5) is 19.9. The molecule has 0 amide bonds. The van der Waals surface area contributed by atoms with Gasteiger partial charge in [-0.15, -0.1) is 0 Å². The van der Waals surface area contributed by atoms with Crippen LogP contribution < -0.4 is 0 Å². The van der Waals surface area contributed by atoms with Crippen LogP contribution in [0.2, 0.25) is 0 Å². The summed E-state index contributed by atoms with van der Waals surface area (Å²) in [7, 11) is -4.02. The molecule has 0 aromatic rings. The van der Waals surface area contributed by atoms with Gasteiger partial charge in [-0.25, -0.2) is 0 Å². The average molecular weight is 274 g/mol. The molecule has 2 N–H and O–H groups in total. The van der Waals surface area contributed by atoms with Crippen LogP contribution in [0.3, 0.4) is 0 Å². The molecular formula is C14H27O3P. The number of rotatable bonds is 3. The molecule has 2 rings (SSSR count). The molecule has 0 unspecified atom stereocenters. The Bertz CT molecular complexity index is 293. The third kappa shape index (κ3) is 2.69. The monoisotopic (exact) mass is 274 g/mol. The van der Waals surface area contributed by atoms with Crippen LogP contribution in [0, 0.1) is 11.8 Å². The molecule has 2 fully saturated rings. The molecule has 0 saturated heterocycles. The minimum Gasteiger partial charge on any atom is -0.324 e. The average Bonchev–Trinajstić information content (AvgIpc) is 2.38. The van der Waals surface area contributed by atoms with E-state index in [0.29, 0.717) is 0 Å². The fourth-order valence-corrected chi connectivity index (χ4v) is 5.65. The van der Waals surface area contributed by atoms with Crippen molar-refractivity contribution in [2.45, 2.75) is 76.3 Å². The van der Waals surface area contributed by atoms with Crippen molar-refractivity contribution in [1.82, 2.24) is 0 Å². The summed E-state index contributed by atoms with van der Waals surface area (Å²) in [5, 5.41) is -0.756. The zero-order chi connectivity index (χ0) is 13.2. The summed E-state index contributed by atoms with van der Waals surface area (Å²) in [6.45, 7) is 1.89. The van der Waals surface area contributed by atoms with E-state index in [1.54, 1.807) is 0 Å². The first-order valence-electron chi connectivity index (χ1n) is 7.52. The second-order valence-corrected chi connectivity index (χ2v) is 8.49. The van der Waals surface area contributed by atoms with E-state index in [2.05, 4.69) is 0 Å². The lowest BCUT2D eigenvalue weighted by atomic mass is 9.70. The Balaban J connectivity index is 2.23. The molecule has 0 aromatic heterocycles. The molecule has 0 heterocycles. The molecule has 3 nitrogen and oxygen atoms in total. The Hall–Kier alpha value is 0.150. The van der Waals surface area contributed by atoms with Crippen LogP contribution in [0.15, 0.2) is 0 Å². The largest absolute Gasteiger partial charge is 0.331 e. The van der Waals surface area contributed by atoms with E-state index in [-0.39, 0.29) is 11.8 Å². The van der Waals surface area contributed by atoms with Crippen molar-refractivity contribution in [1.29, 1.82) is 0 Å². The van der Waals surface area contributed by atoms with Gasteiger partial charge in [0.15, 0.2) is 0 Å². The SMILES string of the molecule is CC(C1CCCCC1)(C1CCCCC1)P(=O)(O)O. The molecule has 0 radical (unpaired) electrons. The Morgan fingerprint density at radius 3 is 1.44 bits per heavy atom. The van der Waals surface area contributed by atoms with Crippen LogP contribution in [0.1, 0.15) is 71.1 Å². The minimum atomic E-state index is -4.02. The standard InChI is InChI=1S/C14H27O3P/c1-14(18(15,16)17,12-8-4-2-5-9-12)13-10-6-3-7-11-13/h12-13H,2-11H2,1H3,(H2,15,16,17). The van der Waals surface area contributed by atoms with Crippen molar-refractivity contribution in [2.75, 3.05) is 0 Å². The van der Waals surface area contributed by atoms with Gasteiger partial charge in [0.1, 0.15) is 0 Å². The predicted octanol–water partition coefficient (Wildman–Crippen LogP) is 4.08. The van der Waals surface area contributed by atoms with Crippen molar-refractivity contribution in [3.8, 4) is 0 Å². The van der Waals surface area contributed by atoms with Crippen molar-refractivity contribution in [3.05, 3.63) is 0 Å². The van der Waals surface area contributed by atoms with Crippen molar-refractivity contribution < 1.29 is 14.4 Å². The maximum Gasteiger partial charge on any atom is 0.331 e. The summed E-state index contributed by atoms with van der Waals surface area (Å²) in [6, 6.07) is 0. The summed E-state index contributed by atoms with van der Waals surface area (Å²) in [5.74, 6) is 0.463. The van der Waals surface area contributed by atoms with Crippen molar-refractivity contribution in [2.24, 2.45) is 11.8 Å². The van der Waals surface area contributed by atoms with Gasteiger partial charge >= 0.3 is 7.60 Å². The fraction of sp³-hybridized carbons (Fsp3) is 1.00.